The molecule has 1 fully saturated rings. The molecule has 0 radical (unpaired) electrons. The van der Waals surface area contributed by atoms with Gasteiger partial charge < -0.3 is 21.1 Å². The highest BCUT2D eigenvalue weighted by molar-refractivity contribution is 5.91. The van der Waals surface area contributed by atoms with Crippen molar-refractivity contribution in [1.29, 1.82) is 0 Å². The molecule has 1 aromatic carbocycles. The van der Waals surface area contributed by atoms with Gasteiger partial charge in [0.05, 0.1) is 11.8 Å². The van der Waals surface area contributed by atoms with Gasteiger partial charge >= 0.3 is 0 Å². The molecule has 2 atom stereocenters. The minimum atomic E-state index is -0.492. The Labute approximate surface area is 123 Å². The number of carbonyl (C=O) groups is 1. The largest absolute Gasteiger partial charge is 0.396 e. The second-order valence-corrected chi connectivity index (χ2v) is 5.67. The first-order valence-corrected chi connectivity index (χ1v) is 7.21. The summed E-state index contributed by atoms with van der Waals surface area (Å²) in [6.07, 6.45) is 0.870. The average molecular weight is 295 g/mol. The Balaban J connectivity index is 1.78. The van der Waals surface area contributed by atoms with E-state index in [1.54, 1.807) is 0 Å². The molecule has 1 saturated heterocycles. The Morgan fingerprint density at radius 1 is 1.57 bits per heavy atom. The molecule has 1 aliphatic rings. The van der Waals surface area contributed by atoms with E-state index in [-0.39, 0.29) is 23.6 Å². The maximum absolute atomic E-state index is 13.0. The molecule has 4 N–H and O–H groups in total. The summed E-state index contributed by atoms with van der Waals surface area (Å²) in [5.74, 6) is -0.382. The van der Waals surface area contributed by atoms with Gasteiger partial charge in [-0.1, -0.05) is 6.92 Å². The highest BCUT2D eigenvalue weighted by atomic mass is 19.1. The van der Waals surface area contributed by atoms with Gasteiger partial charge in [-0.15, -0.1) is 0 Å². The smallest absolute Gasteiger partial charge is 0.225 e. The van der Waals surface area contributed by atoms with Gasteiger partial charge in [0.15, 0.2) is 0 Å². The highest BCUT2D eigenvalue weighted by Crippen LogP contribution is 2.18. The van der Waals surface area contributed by atoms with Crippen LogP contribution in [0.25, 0.3) is 0 Å². The monoisotopic (exact) mass is 295 g/mol. The zero-order valence-electron chi connectivity index (χ0n) is 12.2. The van der Waals surface area contributed by atoms with Crippen LogP contribution in [-0.4, -0.2) is 41.7 Å². The molecule has 1 amide bonds. The van der Waals surface area contributed by atoms with Gasteiger partial charge in [-0.3, -0.25) is 4.79 Å². The molecular formula is C15H22FN3O2. The third-order valence-corrected chi connectivity index (χ3v) is 3.88. The maximum atomic E-state index is 13.0. The van der Waals surface area contributed by atoms with Gasteiger partial charge in [-0.05, 0) is 30.5 Å². The first-order chi connectivity index (χ1) is 9.95. The van der Waals surface area contributed by atoms with Gasteiger partial charge in [0.25, 0.3) is 0 Å². The van der Waals surface area contributed by atoms with E-state index < -0.39 is 5.82 Å². The van der Waals surface area contributed by atoms with Crippen LogP contribution in [-0.2, 0) is 4.79 Å². The number of nitrogens with zero attached hydrogens (tertiary/aromatic N) is 1. The first kappa shape index (κ1) is 15.7. The summed E-state index contributed by atoms with van der Waals surface area (Å²) in [7, 11) is 0. The van der Waals surface area contributed by atoms with Crippen molar-refractivity contribution in [2.45, 2.75) is 25.9 Å². The second kappa shape index (κ2) is 6.87. The molecule has 0 bridgehead atoms. The molecule has 0 saturated carbocycles. The van der Waals surface area contributed by atoms with Crippen molar-refractivity contribution >= 4 is 17.3 Å². The van der Waals surface area contributed by atoms with Crippen LogP contribution in [0.2, 0.25) is 0 Å². The molecule has 116 valence electrons. The Bertz CT molecular complexity index is 510. The van der Waals surface area contributed by atoms with Crippen molar-refractivity contribution in [3.05, 3.63) is 24.0 Å². The van der Waals surface area contributed by atoms with Crippen molar-refractivity contribution in [2.24, 2.45) is 5.92 Å². The van der Waals surface area contributed by atoms with Gasteiger partial charge in [-0.25, -0.2) is 4.39 Å². The zero-order valence-corrected chi connectivity index (χ0v) is 12.2. The molecule has 1 aliphatic heterocycles. The number of aliphatic hydroxyl groups is 1. The number of carbonyl (C=O) groups excluding carboxylic acids is 1. The normalized spacial score (nSPS) is 23.0. The van der Waals surface area contributed by atoms with Crippen LogP contribution in [0.5, 0.6) is 0 Å². The molecule has 2 unspecified atom stereocenters. The van der Waals surface area contributed by atoms with Crippen molar-refractivity contribution in [1.82, 2.24) is 4.90 Å². The summed E-state index contributed by atoms with van der Waals surface area (Å²) < 4.78 is 13.0. The van der Waals surface area contributed by atoms with E-state index in [1.165, 1.54) is 18.2 Å². The fraction of sp³-hybridized carbons (Fsp3) is 0.533. The SMILES string of the molecule is CC1CN(CCC(=O)Nc2ccc(F)c(N)c2)CCC1O. The Hall–Kier alpha value is -1.66. The van der Waals surface area contributed by atoms with Crippen LogP contribution >= 0.6 is 0 Å². The van der Waals surface area contributed by atoms with Crippen LogP contribution in [0.15, 0.2) is 18.2 Å². The van der Waals surface area contributed by atoms with E-state index >= 15 is 0 Å². The first-order valence-electron chi connectivity index (χ1n) is 7.21. The molecule has 6 heteroatoms. The predicted molar refractivity (Wildman–Crippen MR) is 80.3 cm³/mol. The van der Waals surface area contributed by atoms with Crippen molar-refractivity contribution in [2.75, 3.05) is 30.7 Å². The van der Waals surface area contributed by atoms with Crippen molar-refractivity contribution in [3.63, 3.8) is 0 Å². The fourth-order valence-corrected chi connectivity index (χ4v) is 2.53. The standard InChI is InChI=1S/C15H22FN3O2/c1-10-9-19(6-4-14(10)20)7-5-15(21)18-11-2-3-12(16)13(17)8-11/h2-3,8,10,14,20H,4-7,9,17H2,1H3,(H,18,21). The van der Waals surface area contributed by atoms with Gasteiger partial charge in [0.1, 0.15) is 5.82 Å². The molecule has 0 aliphatic carbocycles. The minimum Gasteiger partial charge on any atom is -0.396 e. The Morgan fingerprint density at radius 3 is 3.00 bits per heavy atom. The summed E-state index contributed by atoms with van der Waals surface area (Å²) in [5.41, 5.74) is 5.98. The molecule has 0 aromatic heterocycles. The number of anilines is 2. The minimum absolute atomic E-state index is 0.0200. The number of nitrogens with two attached hydrogens (primary N) is 1. The fourth-order valence-electron chi connectivity index (χ4n) is 2.53. The van der Waals surface area contributed by atoms with Gasteiger partial charge in [-0.2, -0.15) is 0 Å². The number of hydrogen-bond acceptors (Lipinski definition) is 4. The zero-order chi connectivity index (χ0) is 15.4. The highest BCUT2D eigenvalue weighted by Gasteiger charge is 2.24. The third-order valence-electron chi connectivity index (χ3n) is 3.88. The third kappa shape index (κ3) is 4.41. The van der Waals surface area contributed by atoms with Crippen molar-refractivity contribution in [3.8, 4) is 0 Å². The topological polar surface area (TPSA) is 78.6 Å². The number of piperidine rings is 1. The summed E-state index contributed by atoms with van der Waals surface area (Å²) in [4.78, 5) is 14.1. The number of hydrogen-bond donors (Lipinski definition) is 3. The van der Waals surface area contributed by atoms with E-state index in [4.69, 9.17) is 5.73 Å². The lowest BCUT2D eigenvalue weighted by molar-refractivity contribution is -0.116. The van der Waals surface area contributed by atoms with Crippen molar-refractivity contribution < 1.29 is 14.3 Å². The van der Waals surface area contributed by atoms with Crippen LogP contribution < -0.4 is 11.1 Å². The van der Waals surface area contributed by atoms with E-state index in [1.807, 2.05) is 6.92 Å². The Morgan fingerprint density at radius 2 is 2.33 bits per heavy atom. The number of aliphatic hydroxyl groups excluding tert-OH is 1. The lowest BCUT2D eigenvalue weighted by Gasteiger charge is -2.34. The van der Waals surface area contributed by atoms with E-state index in [2.05, 4.69) is 10.2 Å². The summed E-state index contributed by atoms with van der Waals surface area (Å²) in [6, 6.07) is 4.13. The second-order valence-electron chi connectivity index (χ2n) is 5.67. The number of likely N-dealkylation sites (tertiary alicyclic amines) is 1. The maximum Gasteiger partial charge on any atom is 0.225 e. The molecule has 1 heterocycles. The van der Waals surface area contributed by atoms with Crippen LogP contribution in [0.4, 0.5) is 15.8 Å². The van der Waals surface area contributed by atoms with E-state index in [0.717, 1.165) is 19.5 Å². The molecular weight excluding hydrogens is 273 g/mol. The molecule has 2 rings (SSSR count). The van der Waals surface area contributed by atoms with E-state index in [0.29, 0.717) is 18.7 Å². The quantitative estimate of drug-likeness (QED) is 0.734. The predicted octanol–water partition coefficient (Wildman–Crippen LogP) is 1.44. The number of benzene rings is 1. The van der Waals surface area contributed by atoms with Gasteiger partial charge in [0.2, 0.25) is 5.91 Å². The van der Waals surface area contributed by atoms with Crippen LogP contribution in [0.1, 0.15) is 19.8 Å². The lowest BCUT2D eigenvalue weighted by atomic mass is 9.97. The molecule has 1 aromatic rings. The summed E-state index contributed by atoms with van der Waals surface area (Å²) in [5, 5.41) is 12.4. The molecule has 0 spiro atoms. The average Bonchev–Trinajstić information content (AvgIpc) is 2.44. The van der Waals surface area contributed by atoms with Crippen LogP contribution in [0, 0.1) is 11.7 Å². The lowest BCUT2D eigenvalue weighted by Crippen LogP contribution is -2.42. The number of nitrogen functional groups attached to an aromatic ring is 1. The molecule has 21 heavy (non-hydrogen) atoms. The summed E-state index contributed by atoms with van der Waals surface area (Å²) in [6.45, 7) is 4.28. The molecule has 5 nitrogen and oxygen atoms in total. The number of rotatable bonds is 4. The number of halogens is 1. The number of amides is 1. The Kier molecular flexibility index (Phi) is 5.14. The van der Waals surface area contributed by atoms with E-state index in [9.17, 15) is 14.3 Å². The summed E-state index contributed by atoms with van der Waals surface area (Å²) >= 11 is 0. The number of nitrogens with one attached hydrogen (secondary N) is 1. The van der Waals surface area contributed by atoms with Gasteiger partial charge in [0, 0.05) is 31.7 Å². The van der Waals surface area contributed by atoms with Crippen LogP contribution in [0.3, 0.4) is 0 Å².